The standard InChI is InChI=1S/C27H23F5N4O5/c28-16-5-4-13-15(21(16)29)10-34-19(27(30,31)32)11-41-18-3-1-2-14(23(18)34)22(13)36-20-12-40-9-8-33(20)26(39)24-25(38)17(37)6-7-35(24)36/h1-7,17,19-20,22,37-38H,8-12H2/t17?,19?,20-,22+/m1/s1. The lowest BCUT2D eigenvalue weighted by atomic mass is 9.92. The number of para-hydroxylation sites is 1. The average molecular weight is 578 g/mol. The smallest absolute Gasteiger partial charge is 0.412 e. The number of hydrogen-bond acceptors (Lipinski definition) is 8. The maximum Gasteiger partial charge on any atom is 0.412 e. The van der Waals surface area contributed by atoms with Gasteiger partial charge < -0.3 is 29.5 Å². The fourth-order valence-corrected chi connectivity index (χ4v) is 6.32. The minimum Gasteiger partial charge on any atom is -0.507 e. The second kappa shape index (κ2) is 9.06. The lowest BCUT2D eigenvalue weighted by Gasteiger charge is -2.55. The summed E-state index contributed by atoms with van der Waals surface area (Å²) in [6.07, 6.45) is -4.50. The number of hydrogen-bond donors (Lipinski definition) is 2. The van der Waals surface area contributed by atoms with Crippen molar-refractivity contribution < 1.29 is 46.4 Å². The molecule has 7 rings (SSSR count). The Morgan fingerprint density at radius 3 is 2.61 bits per heavy atom. The maximum atomic E-state index is 15.6. The number of aliphatic hydroxyl groups excluding tert-OH is 2. The van der Waals surface area contributed by atoms with E-state index in [2.05, 4.69) is 0 Å². The molecule has 2 unspecified atom stereocenters. The summed E-state index contributed by atoms with van der Waals surface area (Å²) in [5.41, 5.74) is -0.0646. The van der Waals surface area contributed by atoms with E-state index in [-0.39, 0.29) is 53.6 Å². The zero-order valence-corrected chi connectivity index (χ0v) is 21.2. The highest BCUT2D eigenvalue weighted by Crippen LogP contribution is 2.52. The quantitative estimate of drug-likeness (QED) is 0.500. The van der Waals surface area contributed by atoms with Crippen molar-refractivity contribution in [2.24, 2.45) is 0 Å². The summed E-state index contributed by atoms with van der Waals surface area (Å²) in [6.45, 7) is -1.08. The van der Waals surface area contributed by atoms with Crippen molar-refractivity contribution in [1.29, 1.82) is 0 Å². The summed E-state index contributed by atoms with van der Waals surface area (Å²) < 4.78 is 84.4. The Kier molecular flexibility index (Phi) is 5.76. The third kappa shape index (κ3) is 3.73. The Morgan fingerprint density at radius 2 is 1.83 bits per heavy atom. The summed E-state index contributed by atoms with van der Waals surface area (Å²) >= 11 is 0. The van der Waals surface area contributed by atoms with Gasteiger partial charge in [0.1, 0.15) is 24.6 Å². The van der Waals surface area contributed by atoms with Gasteiger partial charge in [0.05, 0.1) is 24.9 Å². The molecule has 0 saturated carbocycles. The number of aliphatic hydroxyl groups is 2. The van der Waals surface area contributed by atoms with Crippen LogP contribution in [0.15, 0.2) is 54.1 Å². The number of halogens is 5. The summed E-state index contributed by atoms with van der Waals surface area (Å²) in [7, 11) is 0. The van der Waals surface area contributed by atoms with Crippen LogP contribution < -0.4 is 9.64 Å². The number of alkyl halides is 3. The predicted molar refractivity (Wildman–Crippen MR) is 131 cm³/mol. The van der Waals surface area contributed by atoms with E-state index >= 15 is 4.39 Å². The second-order valence-corrected chi connectivity index (χ2v) is 10.3. The SMILES string of the molecule is O=C1C2=C(O)C(O)C=CN2N([C@H]2c3ccc(F)c(F)c3CN3c4c(cccc42)OCC3C(F)(F)F)[C@@H]2COCCN12. The molecule has 0 spiro atoms. The van der Waals surface area contributed by atoms with Crippen molar-refractivity contribution in [3.05, 3.63) is 82.4 Å². The van der Waals surface area contributed by atoms with Crippen LogP contribution in [0.5, 0.6) is 5.75 Å². The van der Waals surface area contributed by atoms with Gasteiger partial charge in [0.15, 0.2) is 29.1 Å². The number of morpholine rings is 1. The van der Waals surface area contributed by atoms with Gasteiger partial charge >= 0.3 is 6.18 Å². The van der Waals surface area contributed by atoms with Crippen molar-refractivity contribution in [3.63, 3.8) is 0 Å². The van der Waals surface area contributed by atoms with E-state index in [1.807, 2.05) is 0 Å². The Bertz CT molecular complexity index is 1510. The Labute approximate surface area is 229 Å². The van der Waals surface area contributed by atoms with Gasteiger partial charge in [-0.2, -0.15) is 18.2 Å². The van der Waals surface area contributed by atoms with Crippen molar-refractivity contribution in [3.8, 4) is 5.75 Å². The van der Waals surface area contributed by atoms with E-state index in [1.165, 1.54) is 34.3 Å². The molecule has 0 aliphatic carbocycles. The molecule has 2 fully saturated rings. The van der Waals surface area contributed by atoms with E-state index in [0.29, 0.717) is 0 Å². The molecule has 5 aliphatic heterocycles. The third-order valence-electron chi connectivity index (χ3n) is 8.16. The molecule has 14 heteroatoms. The fourth-order valence-electron chi connectivity index (χ4n) is 6.32. The predicted octanol–water partition coefficient (Wildman–Crippen LogP) is 3.07. The van der Waals surface area contributed by atoms with Crippen LogP contribution in [0.4, 0.5) is 27.6 Å². The van der Waals surface area contributed by atoms with E-state index in [4.69, 9.17) is 9.47 Å². The van der Waals surface area contributed by atoms with Gasteiger partial charge in [0.2, 0.25) is 0 Å². The molecular formula is C27H23F5N4O5. The van der Waals surface area contributed by atoms with Crippen LogP contribution in [0.2, 0.25) is 0 Å². The molecule has 5 heterocycles. The molecule has 4 atom stereocenters. The summed E-state index contributed by atoms with van der Waals surface area (Å²) in [6, 6.07) is 3.64. The van der Waals surface area contributed by atoms with Crippen LogP contribution in [0.1, 0.15) is 22.7 Å². The molecule has 9 nitrogen and oxygen atoms in total. The lowest BCUT2D eigenvalue weighted by Crippen LogP contribution is -2.68. The van der Waals surface area contributed by atoms with E-state index in [1.54, 1.807) is 17.1 Å². The lowest BCUT2D eigenvalue weighted by molar-refractivity contribution is -0.190. The summed E-state index contributed by atoms with van der Waals surface area (Å²) in [5.74, 6) is -3.59. The van der Waals surface area contributed by atoms with E-state index in [0.717, 1.165) is 11.0 Å². The first-order valence-electron chi connectivity index (χ1n) is 12.9. The van der Waals surface area contributed by atoms with Crippen LogP contribution in [0.25, 0.3) is 0 Å². The number of hydrazine groups is 1. The molecule has 5 aliphatic rings. The first-order valence-corrected chi connectivity index (χ1v) is 12.9. The monoisotopic (exact) mass is 578 g/mol. The fraction of sp³-hybridized carbons (Fsp3) is 0.370. The Morgan fingerprint density at radius 1 is 1.02 bits per heavy atom. The number of benzene rings is 2. The zero-order chi connectivity index (χ0) is 28.8. The molecular weight excluding hydrogens is 555 g/mol. The molecule has 0 aromatic heterocycles. The van der Waals surface area contributed by atoms with Gasteiger partial charge in [-0.1, -0.05) is 18.2 Å². The van der Waals surface area contributed by atoms with Crippen LogP contribution in [-0.2, 0) is 16.1 Å². The second-order valence-electron chi connectivity index (χ2n) is 10.3. The molecule has 2 aromatic carbocycles. The van der Waals surface area contributed by atoms with Crippen molar-refractivity contribution in [2.75, 3.05) is 31.3 Å². The molecule has 2 aromatic rings. The molecule has 41 heavy (non-hydrogen) atoms. The Balaban J connectivity index is 1.52. The zero-order valence-electron chi connectivity index (χ0n) is 21.2. The molecule has 0 radical (unpaired) electrons. The van der Waals surface area contributed by atoms with Crippen molar-refractivity contribution in [2.45, 2.75) is 37.1 Å². The average Bonchev–Trinajstić information content (AvgIpc) is 3.09. The number of anilines is 1. The normalized spacial score (nSPS) is 27.6. The highest BCUT2D eigenvalue weighted by atomic mass is 19.4. The van der Waals surface area contributed by atoms with Gasteiger partial charge in [-0.05, 0) is 23.8 Å². The van der Waals surface area contributed by atoms with E-state index < -0.39 is 67.0 Å². The number of rotatable bonds is 1. The molecule has 2 saturated heterocycles. The van der Waals surface area contributed by atoms with Gasteiger partial charge in [-0.15, -0.1) is 0 Å². The summed E-state index contributed by atoms with van der Waals surface area (Å²) in [5, 5.41) is 24.0. The van der Waals surface area contributed by atoms with Gasteiger partial charge in [-0.25, -0.2) is 8.78 Å². The highest BCUT2D eigenvalue weighted by molar-refractivity contribution is 5.95. The number of carbonyl (C=O) groups excluding carboxylic acids is 1. The topological polar surface area (TPSA) is 89.0 Å². The molecule has 0 bridgehead atoms. The van der Waals surface area contributed by atoms with E-state index in [9.17, 15) is 32.6 Å². The van der Waals surface area contributed by atoms with Crippen LogP contribution >= 0.6 is 0 Å². The molecule has 216 valence electrons. The minimum atomic E-state index is -4.76. The number of ether oxygens (including phenoxy) is 2. The van der Waals surface area contributed by atoms with Gasteiger partial charge in [-0.3, -0.25) is 9.80 Å². The summed E-state index contributed by atoms with van der Waals surface area (Å²) in [4.78, 5) is 15.9. The third-order valence-corrected chi connectivity index (χ3v) is 8.16. The molecule has 1 amide bonds. The van der Waals surface area contributed by atoms with Crippen LogP contribution in [-0.4, -0.2) is 81.9 Å². The number of fused-ring (bicyclic) bond motifs is 3. The first-order chi connectivity index (χ1) is 19.6. The number of amides is 1. The van der Waals surface area contributed by atoms with Gasteiger partial charge in [0.25, 0.3) is 5.91 Å². The molecule has 2 N–H and O–H groups in total. The first kappa shape index (κ1) is 26.0. The van der Waals surface area contributed by atoms with Crippen LogP contribution in [0, 0.1) is 11.6 Å². The minimum absolute atomic E-state index is 0.0252. The maximum absolute atomic E-state index is 15.6. The number of nitrogens with zero attached hydrogens (tertiary/aromatic N) is 4. The number of carbonyl (C=O) groups is 1. The van der Waals surface area contributed by atoms with Crippen molar-refractivity contribution in [1.82, 2.24) is 14.9 Å². The largest absolute Gasteiger partial charge is 0.507 e. The van der Waals surface area contributed by atoms with Crippen LogP contribution in [0.3, 0.4) is 0 Å². The van der Waals surface area contributed by atoms with Crippen molar-refractivity contribution >= 4 is 11.6 Å². The highest BCUT2D eigenvalue weighted by Gasteiger charge is 2.54. The van der Waals surface area contributed by atoms with Gasteiger partial charge in [0, 0.05) is 30.4 Å². The Hall–Kier alpha value is -3.88.